The van der Waals surface area contributed by atoms with E-state index >= 15 is 0 Å². The molecule has 3 nitrogen and oxygen atoms in total. The van der Waals surface area contributed by atoms with Crippen LogP contribution in [0.2, 0.25) is 0 Å². The first-order valence-electron chi connectivity index (χ1n) is 12.5. The van der Waals surface area contributed by atoms with Crippen LogP contribution in [0.5, 0.6) is 0 Å². The lowest BCUT2D eigenvalue weighted by atomic mass is 9.69. The third-order valence-corrected chi connectivity index (χ3v) is 8.62. The molecule has 0 radical (unpaired) electrons. The van der Waals surface area contributed by atoms with Gasteiger partial charge in [0.15, 0.2) is 0 Å². The molecule has 0 bridgehead atoms. The van der Waals surface area contributed by atoms with Crippen LogP contribution < -0.4 is 4.90 Å². The molecule has 162 valence electrons. The number of thiocarbonyl (C=S) groups is 1. The Kier molecular flexibility index (Phi) is 6.24. The van der Waals surface area contributed by atoms with E-state index in [0.29, 0.717) is 12.1 Å². The van der Waals surface area contributed by atoms with Crippen molar-refractivity contribution in [1.29, 1.82) is 0 Å². The van der Waals surface area contributed by atoms with E-state index in [1.54, 1.807) is 0 Å². The predicted molar refractivity (Wildman–Crippen MR) is 131 cm³/mol. The number of rotatable bonds is 3. The minimum Gasteiger partial charge on any atom is -0.293 e. The van der Waals surface area contributed by atoms with Crippen molar-refractivity contribution in [1.82, 2.24) is 4.90 Å². The van der Waals surface area contributed by atoms with E-state index in [1.807, 2.05) is 0 Å². The predicted octanol–water partition coefficient (Wildman–Crippen LogP) is 6.37. The number of nitrogens with zero attached hydrogens (tertiary/aromatic N) is 3. The van der Waals surface area contributed by atoms with Gasteiger partial charge in [0.25, 0.3) is 0 Å². The van der Waals surface area contributed by atoms with Crippen LogP contribution in [0.25, 0.3) is 0 Å². The number of benzene rings is 1. The monoisotopic (exact) mass is 423 g/mol. The van der Waals surface area contributed by atoms with Crippen LogP contribution in [0.3, 0.4) is 0 Å². The minimum atomic E-state index is 0.105. The number of amidine groups is 1. The molecule has 1 atom stereocenters. The van der Waals surface area contributed by atoms with E-state index in [2.05, 4.69) is 40.1 Å². The molecule has 2 aliphatic heterocycles. The lowest BCUT2D eigenvalue weighted by molar-refractivity contribution is 0.112. The molecule has 0 N–H and O–H groups in total. The Balaban J connectivity index is 1.61. The van der Waals surface area contributed by atoms with E-state index in [0.717, 1.165) is 0 Å². The molecular formula is C26H37N3S. The standard InChI is InChI=1S/C26H37N3S/c30-25-26(17-9-3-10-18-26)23(28-19-11-4-12-20-28)24(27-21-13-5-1-6-14-21)29(25)22-15-7-2-8-16-22/h2,7-8,15-16,21,23H,1,3-6,9-14,17-20H2. The van der Waals surface area contributed by atoms with Gasteiger partial charge in [-0.25, -0.2) is 0 Å². The maximum absolute atomic E-state index is 6.36. The molecule has 0 amide bonds. The highest BCUT2D eigenvalue weighted by molar-refractivity contribution is 7.80. The molecule has 0 aromatic heterocycles. The Hall–Kier alpha value is -1.26. The van der Waals surface area contributed by atoms with Crippen molar-refractivity contribution >= 4 is 28.7 Å². The Bertz CT molecular complexity index is 756. The Morgan fingerprint density at radius 1 is 0.800 bits per heavy atom. The van der Waals surface area contributed by atoms with Crippen molar-refractivity contribution in [2.24, 2.45) is 10.4 Å². The van der Waals surface area contributed by atoms with Crippen LogP contribution in [-0.2, 0) is 0 Å². The van der Waals surface area contributed by atoms with Gasteiger partial charge in [-0.2, -0.15) is 0 Å². The van der Waals surface area contributed by atoms with Crippen LogP contribution in [0.15, 0.2) is 35.3 Å². The molecule has 2 heterocycles. The lowest BCUT2D eigenvalue weighted by Gasteiger charge is -2.44. The summed E-state index contributed by atoms with van der Waals surface area (Å²) in [7, 11) is 0. The topological polar surface area (TPSA) is 18.8 Å². The first-order valence-corrected chi connectivity index (χ1v) is 12.9. The highest BCUT2D eigenvalue weighted by Gasteiger charge is 2.57. The van der Waals surface area contributed by atoms with Gasteiger partial charge in [0.1, 0.15) is 5.84 Å². The van der Waals surface area contributed by atoms with Gasteiger partial charge in [0.2, 0.25) is 0 Å². The second-order valence-corrected chi connectivity index (χ2v) is 10.4. The molecule has 2 aliphatic carbocycles. The van der Waals surface area contributed by atoms with Gasteiger partial charge in [0, 0.05) is 11.1 Å². The lowest BCUT2D eigenvalue weighted by Crippen LogP contribution is -2.52. The molecule has 4 heteroatoms. The fourth-order valence-corrected chi connectivity index (χ4v) is 7.04. The van der Waals surface area contributed by atoms with Gasteiger partial charge < -0.3 is 0 Å². The summed E-state index contributed by atoms with van der Waals surface area (Å²) in [4.78, 5) is 11.9. The Morgan fingerprint density at radius 2 is 1.43 bits per heavy atom. The van der Waals surface area contributed by atoms with Crippen LogP contribution in [0.1, 0.15) is 83.5 Å². The second kappa shape index (κ2) is 9.08. The zero-order valence-electron chi connectivity index (χ0n) is 18.4. The van der Waals surface area contributed by atoms with Crippen molar-refractivity contribution < 1.29 is 0 Å². The van der Waals surface area contributed by atoms with Crippen LogP contribution in [-0.4, -0.2) is 40.9 Å². The van der Waals surface area contributed by atoms with Gasteiger partial charge >= 0.3 is 0 Å². The molecule has 1 unspecified atom stereocenters. The number of likely N-dealkylation sites (tertiary alicyclic amines) is 1. The summed E-state index contributed by atoms with van der Waals surface area (Å²) in [5.74, 6) is 1.29. The average molecular weight is 424 g/mol. The van der Waals surface area contributed by atoms with Gasteiger partial charge in [0.05, 0.1) is 17.1 Å². The first-order chi connectivity index (χ1) is 14.8. The number of hydrogen-bond acceptors (Lipinski definition) is 3. The molecule has 1 aromatic carbocycles. The molecule has 4 fully saturated rings. The number of piperidine rings is 1. The zero-order valence-corrected chi connectivity index (χ0v) is 19.2. The molecule has 1 aromatic rings. The van der Waals surface area contributed by atoms with Crippen molar-refractivity contribution in [3.05, 3.63) is 30.3 Å². The van der Waals surface area contributed by atoms with Crippen LogP contribution in [0.4, 0.5) is 5.69 Å². The number of hydrogen-bond donors (Lipinski definition) is 0. The smallest absolute Gasteiger partial charge is 0.127 e. The molecule has 4 aliphatic rings. The largest absolute Gasteiger partial charge is 0.293 e. The third kappa shape index (κ3) is 3.75. The second-order valence-electron chi connectivity index (χ2n) is 9.97. The highest BCUT2D eigenvalue weighted by Crippen LogP contribution is 2.50. The highest BCUT2D eigenvalue weighted by atomic mass is 32.1. The number of aliphatic imine (C=N–C) groups is 1. The fraction of sp³-hybridized carbons (Fsp3) is 0.692. The number of para-hydroxylation sites is 1. The molecular weight excluding hydrogens is 386 g/mol. The molecule has 1 spiro atoms. The maximum atomic E-state index is 6.36. The Labute approximate surface area is 187 Å². The Morgan fingerprint density at radius 3 is 2.13 bits per heavy atom. The van der Waals surface area contributed by atoms with Gasteiger partial charge in [-0.05, 0) is 63.7 Å². The zero-order chi connectivity index (χ0) is 20.4. The van der Waals surface area contributed by atoms with Gasteiger partial charge in [-0.15, -0.1) is 0 Å². The maximum Gasteiger partial charge on any atom is 0.127 e. The molecule has 5 rings (SSSR count). The number of anilines is 1. The van der Waals surface area contributed by atoms with Crippen LogP contribution in [0, 0.1) is 5.41 Å². The minimum absolute atomic E-state index is 0.105. The SMILES string of the molecule is S=C1N(c2ccccc2)C(=NC2CCCCC2)C(N2CCCCC2)C12CCCCC2. The summed E-state index contributed by atoms with van der Waals surface area (Å²) in [6, 6.07) is 11.7. The summed E-state index contributed by atoms with van der Waals surface area (Å²) < 4.78 is 0. The summed E-state index contributed by atoms with van der Waals surface area (Å²) in [6.45, 7) is 2.42. The van der Waals surface area contributed by atoms with E-state index in [-0.39, 0.29) is 5.41 Å². The summed E-state index contributed by atoms with van der Waals surface area (Å²) >= 11 is 6.36. The summed E-state index contributed by atoms with van der Waals surface area (Å²) in [6.07, 6.45) is 17.0. The van der Waals surface area contributed by atoms with Gasteiger partial charge in [-0.3, -0.25) is 14.8 Å². The fourth-order valence-electron chi connectivity index (χ4n) is 6.52. The summed E-state index contributed by atoms with van der Waals surface area (Å²) in [5.41, 5.74) is 1.33. The van der Waals surface area contributed by atoms with Crippen LogP contribution >= 0.6 is 12.2 Å². The van der Waals surface area contributed by atoms with E-state index < -0.39 is 0 Å². The average Bonchev–Trinajstić information content (AvgIpc) is 3.03. The van der Waals surface area contributed by atoms with Crippen molar-refractivity contribution in [2.75, 3.05) is 18.0 Å². The third-order valence-electron chi connectivity index (χ3n) is 8.03. The molecule has 2 saturated carbocycles. The van der Waals surface area contributed by atoms with E-state index in [4.69, 9.17) is 17.2 Å². The van der Waals surface area contributed by atoms with Crippen molar-refractivity contribution in [3.8, 4) is 0 Å². The van der Waals surface area contributed by atoms with Crippen molar-refractivity contribution in [3.63, 3.8) is 0 Å². The molecule has 2 saturated heterocycles. The summed E-state index contributed by atoms with van der Waals surface area (Å²) in [5, 5.41) is 0. The van der Waals surface area contributed by atoms with E-state index in [9.17, 15) is 0 Å². The molecule has 30 heavy (non-hydrogen) atoms. The normalized spacial score (nSPS) is 29.7. The first kappa shape index (κ1) is 20.6. The van der Waals surface area contributed by atoms with Gasteiger partial charge in [-0.1, -0.05) is 75.4 Å². The van der Waals surface area contributed by atoms with E-state index in [1.165, 1.54) is 113 Å². The van der Waals surface area contributed by atoms with Crippen molar-refractivity contribution in [2.45, 2.75) is 95.6 Å². The quantitative estimate of drug-likeness (QED) is 0.526.